The van der Waals surface area contributed by atoms with Gasteiger partial charge in [-0.2, -0.15) is 8.42 Å². The third-order valence-corrected chi connectivity index (χ3v) is 11.3. The number of aliphatic hydroxyl groups excluding tert-OH is 2. The third-order valence-electron chi connectivity index (χ3n) is 10.6. The van der Waals surface area contributed by atoms with E-state index in [2.05, 4.69) is 33.0 Å². The molecule has 0 aromatic carbocycles. The Morgan fingerprint density at radius 2 is 1.89 bits per heavy atom. The molecule has 4 N–H and O–H groups in total. The van der Waals surface area contributed by atoms with Gasteiger partial charge in [-0.05, 0) is 97.7 Å². The molecule has 0 aromatic heterocycles. The minimum absolute atomic E-state index is 0.0655. The molecular weight excluding hydrogens is 466 g/mol. The topological polar surface area (TPSA) is 124 Å². The predicted molar refractivity (Wildman–Crippen MR) is 137 cm³/mol. The first-order chi connectivity index (χ1) is 16.4. The molecule has 0 aliphatic heterocycles. The van der Waals surface area contributed by atoms with E-state index >= 15 is 0 Å². The number of hydrogen-bond donors (Lipinski definition) is 4. The molecule has 35 heavy (non-hydrogen) atoms. The molecule has 3 aliphatic carbocycles. The van der Waals surface area contributed by atoms with Gasteiger partial charge in [0.1, 0.15) is 0 Å². The molecule has 0 radical (unpaired) electrons. The van der Waals surface area contributed by atoms with E-state index in [0.29, 0.717) is 41.9 Å². The van der Waals surface area contributed by atoms with E-state index in [9.17, 15) is 23.4 Å². The van der Waals surface area contributed by atoms with Crippen molar-refractivity contribution in [3.63, 3.8) is 0 Å². The van der Waals surface area contributed by atoms with E-state index in [1.807, 2.05) is 0 Å². The van der Waals surface area contributed by atoms with Gasteiger partial charge in [0, 0.05) is 19.6 Å². The number of carbonyl (C=O) groups excluding carboxylic acids is 1. The van der Waals surface area contributed by atoms with Crippen LogP contribution < -0.4 is 5.32 Å². The second-order valence-electron chi connectivity index (χ2n) is 12.4. The van der Waals surface area contributed by atoms with Gasteiger partial charge in [-0.3, -0.25) is 9.35 Å². The number of aliphatic hydroxyl groups is 2. The molecule has 0 unspecified atom stereocenters. The van der Waals surface area contributed by atoms with Gasteiger partial charge in [0.05, 0.1) is 11.9 Å². The Morgan fingerprint density at radius 3 is 2.51 bits per heavy atom. The van der Waals surface area contributed by atoms with E-state index in [1.54, 1.807) is 0 Å². The standard InChI is InChI=1S/C27H49NO6S/c1-5-12-26(3)19(11-15-29)17-23(30)25-21-8-7-20(27(21,4)13-10-22(25)26)18(2)6-9-24(31)28-14-16-35(32,33)34/h18-23,25,29-30H,5-17H2,1-4H3,(H,28,31)(H,32,33,34)/t18-,19+,20-,21+,22+,23+,25+,26+,27-/m1/s1. The van der Waals surface area contributed by atoms with E-state index in [4.69, 9.17) is 4.55 Å². The molecule has 3 rings (SSSR count). The van der Waals surface area contributed by atoms with Gasteiger partial charge >= 0.3 is 0 Å². The van der Waals surface area contributed by atoms with Gasteiger partial charge in [0.15, 0.2) is 0 Å². The highest BCUT2D eigenvalue weighted by Gasteiger charge is 2.61. The fraction of sp³-hybridized carbons (Fsp3) is 0.963. The molecule has 1 amide bonds. The molecule has 0 spiro atoms. The van der Waals surface area contributed by atoms with Crippen LogP contribution in [-0.4, -0.2) is 54.1 Å². The zero-order valence-corrected chi connectivity index (χ0v) is 23.0. The van der Waals surface area contributed by atoms with Crippen LogP contribution in [0.4, 0.5) is 0 Å². The van der Waals surface area contributed by atoms with Gasteiger partial charge in [0.25, 0.3) is 10.1 Å². The van der Waals surface area contributed by atoms with Crippen molar-refractivity contribution >= 4 is 16.0 Å². The SMILES string of the molecule is CCC[C@@]1(C)[C@@H](CCO)C[C@H](O)[C@@H]2[C@@H]1CC[C@]1(C)[C@@H]([C@H](C)CCC(=O)NCCS(=O)(=O)O)CC[C@@H]21. The van der Waals surface area contributed by atoms with Crippen LogP contribution in [0, 0.1) is 46.3 Å². The summed E-state index contributed by atoms with van der Waals surface area (Å²) >= 11 is 0. The monoisotopic (exact) mass is 515 g/mol. The van der Waals surface area contributed by atoms with Crippen molar-refractivity contribution in [2.45, 2.75) is 98.0 Å². The highest BCUT2D eigenvalue weighted by Crippen LogP contribution is 2.67. The van der Waals surface area contributed by atoms with Crippen molar-refractivity contribution in [2.75, 3.05) is 18.9 Å². The largest absolute Gasteiger partial charge is 0.396 e. The van der Waals surface area contributed by atoms with E-state index in [1.165, 1.54) is 0 Å². The Morgan fingerprint density at radius 1 is 1.17 bits per heavy atom. The van der Waals surface area contributed by atoms with Crippen LogP contribution in [0.3, 0.4) is 0 Å². The highest BCUT2D eigenvalue weighted by atomic mass is 32.2. The average Bonchev–Trinajstić information content (AvgIpc) is 3.12. The van der Waals surface area contributed by atoms with Crippen molar-refractivity contribution in [1.29, 1.82) is 0 Å². The summed E-state index contributed by atoms with van der Waals surface area (Å²) in [6.07, 6.45) is 9.24. The molecular formula is C27H49NO6S. The van der Waals surface area contributed by atoms with Crippen LogP contribution >= 0.6 is 0 Å². The minimum atomic E-state index is -4.07. The number of carbonyl (C=O) groups is 1. The number of rotatable bonds is 11. The molecule has 7 nitrogen and oxygen atoms in total. The van der Waals surface area contributed by atoms with Crippen molar-refractivity contribution in [3.8, 4) is 0 Å². The third kappa shape index (κ3) is 6.07. The molecule has 3 fully saturated rings. The Bertz CT molecular complexity index is 834. The van der Waals surface area contributed by atoms with Crippen LogP contribution in [0.5, 0.6) is 0 Å². The molecule has 9 atom stereocenters. The summed E-state index contributed by atoms with van der Waals surface area (Å²) in [5.74, 6) is 1.96. The highest BCUT2D eigenvalue weighted by molar-refractivity contribution is 7.85. The Labute approximate surface area is 212 Å². The predicted octanol–water partition coefficient (Wildman–Crippen LogP) is 4.04. The zero-order chi connectivity index (χ0) is 26.0. The number of amides is 1. The van der Waals surface area contributed by atoms with Gasteiger partial charge in [-0.25, -0.2) is 0 Å². The molecule has 3 aliphatic rings. The Hall–Kier alpha value is -0.700. The summed E-state index contributed by atoms with van der Waals surface area (Å²) in [5.41, 5.74) is 0.340. The van der Waals surface area contributed by atoms with E-state index in [0.717, 1.165) is 57.8 Å². The maximum absolute atomic E-state index is 12.2. The molecule has 8 heteroatoms. The number of nitrogens with one attached hydrogen (secondary N) is 1. The van der Waals surface area contributed by atoms with Crippen molar-refractivity contribution in [3.05, 3.63) is 0 Å². The van der Waals surface area contributed by atoms with Crippen LogP contribution in [0.15, 0.2) is 0 Å². The lowest BCUT2D eigenvalue weighted by atomic mass is 9.45. The van der Waals surface area contributed by atoms with E-state index < -0.39 is 15.9 Å². The summed E-state index contributed by atoms with van der Waals surface area (Å²) in [5, 5.41) is 23.7. The second kappa shape index (κ2) is 11.4. The fourth-order valence-corrected chi connectivity index (χ4v) is 9.36. The minimum Gasteiger partial charge on any atom is -0.396 e. The van der Waals surface area contributed by atoms with Gasteiger partial charge < -0.3 is 15.5 Å². The van der Waals surface area contributed by atoms with Gasteiger partial charge in [-0.15, -0.1) is 0 Å². The van der Waals surface area contributed by atoms with Crippen LogP contribution in [-0.2, 0) is 14.9 Å². The maximum Gasteiger partial charge on any atom is 0.266 e. The Kier molecular flexibility index (Phi) is 9.37. The quantitative estimate of drug-likeness (QED) is 0.308. The summed E-state index contributed by atoms with van der Waals surface area (Å²) in [7, 11) is -4.07. The first kappa shape index (κ1) is 28.9. The first-order valence-corrected chi connectivity index (χ1v) is 15.5. The molecule has 3 saturated carbocycles. The molecule has 0 saturated heterocycles. The van der Waals surface area contributed by atoms with Gasteiger partial charge in [0.2, 0.25) is 5.91 Å². The summed E-state index contributed by atoms with van der Waals surface area (Å²) in [6, 6.07) is 0. The molecule has 204 valence electrons. The van der Waals surface area contributed by atoms with Crippen molar-refractivity contribution in [1.82, 2.24) is 5.32 Å². The summed E-state index contributed by atoms with van der Waals surface area (Å²) in [4.78, 5) is 12.2. The Balaban J connectivity index is 1.67. The van der Waals surface area contributed by atoms with Crippen molar-refractivity contribution < 1.29 is 28.0 Å². The summed E-state index contributed by atoms with van der Waals surface area (Å²) < 4.78 is 30.5. The lowest BCUT2D eigenvalue weighted by molar-refractivity contribution is -0.159. The molecule has 0 heterocycles. The van der Waals surface area contributed by atoms with Crippen molar-refractivity contribution in [2.24, 2.45) is 46.3 Å². The van der Waals surface area contributed by atoms with E-state index in [-0.39, 0.29) is 36.0 Å². The second-order valence-corrected chi connectivity index (χ2v) is 14.0. The fourth-order valence-electron chi connectivity index (χ4n) is 9.00. The smallest absolute Gasteiger partial charge is 0.266 e. The maximum atomic E-state index is 12.2. The van der Waals surface area contributed by atoms with Crippen LogP contribution in [0.2, 0.25) is 0 Å². The lowest BCUT2D eigenvalue weighted by Gasteiger charge is -2.61. The number of fused-ring (bicyclic) bond motifs is 3. The molecule has 0 bridgehead atoms. The van der Waals surface area contributed by atoms with Crippen LogP contribution in [0.25, 0.3) is 0 Å². The normalized spacial score (nSPS) is 40.1. The molecule has 0 aromatic rings. The lowest BCUT2D eigenvalue weighted by Crippen LogP contribution is -2.57. The van der Waals surface area contributed by atoms with Crippen LogP contribution in [0.1, 0.15) is 91.9 Å². The zero-order valence-electron chi connectivity index (χ0n) is 22.2. The first-order valence-electron chi connectivity index (χ1n) is 13.9. The van der Waals surface area contributed by atoms with Gasteiger partial charge in [-0.1, -0.05) is 34.1 Å². The average molecular weight is 516 g/mol. The number of hydrogen-bond acceptors (Lipinski definition) is 5. The summed E-state index contributed by atoms with van der Waals surface area (Å²) in [6.45, 7) is 9.48.